The number of hydrogen-bond acceptors (Lipinski definition) is 3. The normalized spacial score (nSPS) is 13.5. The summed E-state index contributed by atoms with van der Waals surface area (Å²) < 4.78 is 2.32. The molecule has 4 aromatic heterocycles. The van der Waals surface area contributed by atoms with Gasteiger partial charge in [-0.3, -0.25) is 14.4 Å². The van der Waals surface area contributed by atoms with Crippen molar-refractivity contribution in [2.24, 2.45) is 0 Å². The van der Waals surface area contributed by atoms with Crippen LogP contribution in [0.25, 0.3) is 60.7 Å². The molecule has 0 N–H and O–H groups in total. The van der Waals surface area contributed by atoms with Crippen LogP contribution in [0, 0.1) is 0 Å². The Hall–Kier alpha value is -4.57. The van der Waals surface area contributed by atoms with Gasteiger partial charge in [0.1, 0.15) is 5.65 Å². The standard InChI is InChI=1S/C31H18N4/c1-2-5-19-17(4-1)14-23-20(19)8-7-18-15-24-21(28(18)23)9-10-26-30(24)35-27-6-3-12-33-29(27)22-11-13-32-16-25(22)31(35)34-26/h1-13,16H,14-15H2. The summed E-state index contributed by atoms with van der Waals surface area (Å²) in [6, 6.07) is 24.2. The fraction of sp³-hybridized carbons (Fsp3) is 0.0645. The van der Waals surface area contributed by atoms with E-state index in [1.165, 1.54) is 50.0 Å². The number of imidazole rings is 1. The second kappa shape index (κ2) is 6.10. The van der Waals surface area contributed by atoms with Gasteiger partial charge in [-0.2, -0.15) is 0 Å². The predicted octanol–water partition coefficient (Wildman–Crippen LogP) is 6.73. The Morgan fingerprint density at radius 1 is 0.686 bits per heavy atom. The highest BCUT2D eigenvalue weighted by atomic mass is 15.0. The summed E-state index contributed by atoms with van der Waals surface area (Å²) in [6.07, 6.45) is 7.55. The van der Waals surface area contributed by atoms with E-state index in [-0.39, 0.29) is 0 Å². The van der Waals surface area contributed by atoms with Crippen molar-refractivity contribution < 1.29 is 0 Å². The van der Waals surface area contributed by atoms with Crippen LogP contribution in [0.4, 0.5) is 0 Å². The third-order valence-electron chi connectivity index (χ3n) is 7.98. The van der Waals surface area contributed by atoms with Gasteiger partial charge >= 0.3 is 0 Å². The Bertz CT molecular complexity index is 2070. The fourth-order valence-electron chi connectivity index (χ4n) is 6.56. The fourth-order valence-corrected chi connectivity index (χ4v) is 6.56. The first-order valence-corrected chi connectivity index (χ1v) is 12.0. The minimum atomic E-state index is 0.923. The van der Waals surface area contributed by atoms with E-state index in [2.05, 4.69) is 64.0 Å². The van der Waals surface area contributed by atoms with Crippen LogP contribution in [-0.4, -0.2) is 19.4 Å². The van der Waals surface area contributed by atoms with Crippen LogP contribution >= 0.6 is 0 Å². The molecule has 3 aromatic carbocycles. The number of pyridine rings is 3. The Morgan fingerprint density at radius 2 is 1.60 bits per heavy atom. The van der Waals surface area contributed by atoms with Crippen LogP contribution < -0.4 is 0 Å². The lowest BCUT2D eigenvalue weighted by molar-refractivity contribution is 1.22. The van der Waals surface area contributed by atoms with Crippen LogP contribution in [0.5, 0.6) is 0 Å². The van der Waals surface area contributed by atoms with Crippen molar-refractivity contribution in [3.63, 3.8) is 0 Å². The van der Waals surface area contributed by atoms with Crippen molar-refractivity contribution in [2.45, 2.75) is 12.8 Å². The van der Waals surface area contributed by atoms with E-state index in [9.17, 15) is 0 Å². The molecule has 0 saturated carbocycles. The zero-order valence-corrected chi connectivity index (χ0v) is 18.8. The van der Waals surface area contributed by atoms with E-state index in [0.29, 0.717) is 0 Å². The molecule has 0 fully saturated rings. The van der Waals surface area contributed by atoms with Crippen LogP contribution in [0.2, 0.25) is 0 Å². The lowest BCUT2D eigenvalue weighted by atomic mass is 9.95. The number of fused-ring (bicyclic) bond motifs is 16. The van der Waals surface area contributed by atoms with Crippen LogP contribution in [-0.2, 0) is 12.8 Å². The molecule has 4 nitrogen and oxygen atoms in total. The van der Waals surface area contributed by atoms with E-state index in [1.807, 2.05) is 30.7 Å². The summed E-state index contributed by atoms with van der Waals surface area (Å²) in [4.78, 5) is 14.3. The molecule has 35 heavy (non-hydrogen) atoms. The molecule has 9 rings (SSSR count). The summed E-state index contributed by atoms with van der Waals surface area (Å²) in [7, 11) is 0. The zero-order chi connectivity index (χ0) is 22.7. The maximum atomic E-state index is 5.13. The van der Waals surface area contributed by atoms with Gasteiger partial charge in [-0.25, -0.2) is 4.98 Å². The van der Waals surface area contributed by atoms with Gasteiger partial charge < -0.3 is 0 Å². The molecule has 4 heterocycles. The Morgan fingerprint density at radius 3 is 2.60 bits per heavy atom. The monoisotopic (exact) mass is 446 g/mol. The number of aromatic nitrogens is 4. The highest BCUT2D eigenvalue weighted by Crippen LogP contribution is 2.49. The van der Waals surface area contributed by atoms with E-state index in [4.69, 9.17) is 9.97 Å². The molecule has 4 heteroatoms. The molecule has 0 unspecified atom stereocenters. The van der Waals surface area contributed by atoms with Gasteiger partial charge in [-0.15, -0.1) is 0 Å². The maximum absolute atomic E-state index is 5.13. The first-order valence-electron chi connectivity index (χ1n) is 12.0. The average molecular weight is 447 g/mol. The Labute approximate surface area is 200 Å². The van der Waals surface area contributed by atoms with Gasteiger partial charge in [0.15, 0.2) is 0 Å². The van der Waals surface area contributed by atoms with Gasteiger partial charge in [-0.05, 0) is 75.2 Å². The highest BCUT2D eigenvalue weighted by Gasteiger charge is 2.30. The molecule has 2 aliphatic carbocycles. The van der Waals surface area contributed by atoms with Gasteiger partial charge in [0, 0.05) is 35.8 Å². The first kappa shape index (κ1) is 17.8. The van der Waals surface area contributed by atoms with Gasteiger partial charge in [-0.1, -0.05) is 42.5 Å². The molecule has 0 saturated heterocycles. The highest BCUT2D eigenvalue weighted by molar-refractivity contribution is 6.12. The third kappa shape index (κ3) is 2.11. The van der Waals surface area contributed by atoms with Crippen molar-refractivity contribution in [3.8, 4) is 22.3 Å². The number of hydrogen-bond donors (Lipinski definition) is 0. The first-order chi connectivity index (χ1) is 17.4. The molecular formula is C31H18N4. The minimum absolute atomic E-state index is 0.923. The van der Waals surface area contributed by atoms with E-state index < -0.39 is 0 Å². The smallest absolute Gasteiger partial charge is 0.148 e. The van der Waals surface area contributed by atoms with Crippen LogP contribution in [0.15, 0.2) is 85.3 Å². The van der Waals surface area contributed by atoms with Crippen molar-refractivity contribution in [3.05, 3.63) is 108 Å². The lowest BCUT2D eigenvalue weighted by Gasteiger charge is -2.10. The SMILES string of the molecule is c1ccc2c(c1)Cc1c-2ccc2c1-c1ccc3nc4c5cnccc5c5ncccc5n4c3c1C2. The molecule has 0 bridgehead atoms. The topological polar surface area (TPSA) is 43.1 Å². The quantitative estimate of drug-likeness (QED) is 0.243. The summed E-state index contributed by atoms with van der Waals surface area (Å²) in [5, 5.41) is 2.13. The molecule has 0 atom stereocenters. The summed E-state index contributed by atoms with van der Waals surface area (Å²) in [5.41, 5.74) is 16.5. The van der Waals surface area contributed by atoms with Crippen molar-refractivity contribution in [2.75, 3.05) is 0 Å². The molecule has 2 aliphatic rings. The molecule has 0 spiro atoms. The molecule has 0 radical (unpaired) electrons. The number of rotatable bonds is 0. The molecule has 7 aromatic rings. The number of nitrogens with zero attached hydrogens (tertiary/aromatic N) is 4. The zero-order valence-electron chi connectivity index (χ0n) is 18.8. The second-order valence-electron chi connectivity index (χ2n) is 9.66. The average Bonchev–Trinajstić information content (AvgIpc) is 3.59. The number of benzene rings is 3. The molecule has 0 amide bonds. The lowest BCUT2D eigenvalue weighted by Crippen LogP contribution is -1.95. The second-order valence-corrected chi connectivity index (χ2v) is 9.66. The van der Waals surface area contributed by atoms with Gasteiger partial charge in [0.2, 0.25) is 0 Å². The van der Waals surface area contributed by atoms with Gasteiger partial charge in [0.05, 0.1) is 22.1 Å². The maximum Gasteiger partial charge on any atom is 0.148 e. The van der Waals surface area contributed by atoms with E-state index >= 15 is 0 Å². The van der Waals surface area contributed by atoms with Gasteiger partial charge in [0.25, 0.3) is 0 Å². The Kier molecular flexibility index (Phi) is 3.11. The van der Waals surface area contributed by atoms with E-state index in [1.54, 1.807) is 0 Å². The summed E-state index contributed by atoms with van der Waals surface area (Å²) in [5.74, 6) is 0. The molecular weight excluding hydrogens is 428 g/mol. The predicted molar refractivity (Wildman–Crippen MR) is 140 cm³/mol. The van der Waals surface area contributed by atoms with Crippen molar-refractivity contribution in [1.29, 1.82) is 0 Å². The van der Waals surface area contributed by atoms with Crippen LogP contribution in [0.3, 0.4) is 0 Å². The third-order valence-corrected chi connectivity index (χ3v) is 7.98. The minimum Gasteiger partial charge on any atom is -0.290 e. The largest absolute Gasteiger partial charge is 0.290 e. The molecule has 162 valence electrons. The summed E-state index contributed by atoms with van der Waals surface area (Å²) in [6.45, 7) is 0. The van der Waals surface area contributed by atoms with Crippen molar-refractivity contribution in [1.82, 2.24) is 19.4 Å². The summed E-state index contributed by atoms with van der Waals surface area (Å²) >= 11 is 0. The van der Waals surface area contributed by atoms with E-state index in [0.717, 1.165) is 45.8 Å². The molecule has 0 aliphatic heterocycles. The van der Waals surface area contributed by atoms with Crippen LogP contribution in [0.1, 0.15) is 22.3 Å². The Balaban J connectivity index is 1.42. The van der Waals surface area contributed by atoms with Crippen molar-refractivity contribution >= 4 is 38.5 Å².